The van der Waals surface area contributed by atoms with E-state index in [4.69, 9.17) is 21.2 Å². The lowest BCUT2D eigenvalue weighted by atomic mass is 10.1. The number of hydrogen-bond donors (Lipinski definition) is 0. The molecule has 0 fully saturated rings. The predicted octanol–water partition coefficient (Wildman–Crippen LogP) is 2.68. The maximum Gasteiger partial charge on any atom is 0.360 e. The summed E-state index contributed by atoms with van der Waals surface area (Å²) in [5.41, 5.74) is -0.00761. The molecule has 2 aromatic heterocycles. The number of aryl methyl sites for hydroxylation is 1. The van der Waals surface area contributed by atoms with Crippen molar-refractivity contribution in [2.75, 3.05) is 13.7 Å². The SMILES string of the molecule is CCOC(=O)c1nn(CC)c(-c2c[n+](OC)ccc2C(F)F)c1Cl. The van der Waals surface area contributed by atoms with Crippen LogP contribution < -0.4 is 9.57 Å². The average molecular weight is 361 g/mol. The van der Waals surface area contributed by atoms with E-state index in [1.165, 1.54) is 35.0 Å². The quantitative estimate of drug-likeness (QED) is 0.587. The molecule has 0 radical (unpaired) electrons. The molecule has 2 rings (SSSR count). The van der Waals surface area contributed by atoms with Crippen LogP contribution in [-0.4, -0.2) is 29.5 Å². The second-order valence-electron chi connectivity index (χ2n) is 4.70. The van der Waals surface area contributed by atoms with Crippen molar-refractivity contribution >= 4 is 17.6 Å². The molecule has 0 aliphatic carbocycles. The van der Waals surface area contributed by atoms with E-state index in [0.29, 0.717) is 6.54 Å². The zero-order valence-electron chi connectivity index (χ0n) is 13.4. The molecule has 2 aromatic rings. The molecule has 0 amide bonds. The molecule has 130 valence electrons. The number of halogens is 3. The van der Waals surface area contributed by atoms with Crippen LogP contribution in [0.15, 0.2) is 18.5 Å². The Labute approximate surface area is 142 Å². The molecule has 0 aliphatic heterocycles. The topological polar surface area (TPSA) is 57.2 Å². The van der Waals surface area contributed by atoms with Gasteiger partial charge < -0.3 is 4.74 Å². The fourth-order valence-corrected chi connectivity index (χ4v) is 2.56. The van der Waals surface area contributed by atoms with Crippen LogP contribution in [0.4, 0.5) is 8.78 Å². The van der Waals surface area contributed by atoms with Gasteiger partial charge in [-0.05, 0) is 13.8 Å². The van der Waals surface area contributed by atoms with Gasteiger partial charge in [-0.2, -0.15) is 5.10 Å². The maximum absolute atomic E-state index is 13.4. The first-order valence-corrected chi connectivity index (χ1v) is 7.63. The molecule has 0 unspecified atom stereocenters. The molecule has 0 aliphatic rings. The number of esters is 1. The standard InChI is InChI=1S/C15H17ClF2N3O3/c1-4-21-13(11(16)12(19-21)15(22)24-5-2)10-8-20(23-3)7-6-9(10)14(17)18/h6-8,14H,4-5H2,1-3H3/q+1. The summed E-state index contributed by atoms with van der Waals surface area (Å²) in [7, 11) is 1.40. The molecule has 9 heteroatoms. The van der Waals surface area contributed by atoms with Gasteiger partial charge in [0.2, 0.25) is 12.4 Å². The highest BCUT2D eigenvalue weighted by Gasteiger charge is 2.29. The van der Waals surface area contributed by atoms with Crippen LogP contribution in [0.25, 0.3) is 11.3 Å². The molecule has 0 spiro atoms. The maximum atomic E-state index is 13.4. The fraction of sp³-hybridized carbons (Fsp3) is 0.400. The molecule has 0 bridgehead atoms. The van der Waals surface area contributed by atoms with E-state index in [1.807, 2.05) is 0 Å². The van der Waals surface area contributed by atoms with E-state index in [-0.39, 0.29) is 34.1 Å². The van der Waals surface area contributed by atoms with Crippen molar-refractivity contribution in [2.45, 2.75) is 26.8 Å². The van der Waals surface area contributed by atoms with Crippen LogP contribution in [-0.2, 0) is 11.3 Å². The average Bonchev–Trinajstić information content (AvgIpc) is 2.90. The Morgan fingerprint density at radius 3 is 2.71 bits per heavy atom. The molecule has 0 aromatic carbocycles. The number of alkyl halides is 2. The van der Waals surface area contributed by atoms with Gasteiger partial charge in [0.15, 0.2) is 5.69 Å². The van der Waals surface area contributed by atoms with Gasteiger partial charge in [0.1, 0.15) is 12.1 Å². The number of ether oxygens (including phenoxy) is 1. The van der Waals surface area contributed by atoms with Crippen LogP contribution in [0.5, 0.6) is 0 Å². The van der Waals surface area contributed by atoms with E-state index in [9.17, 15) is 13.6 Å². The summed E-state index contributed by atoms with van der Waals surface area (Å²) in [5.74, 6) is -0.704. The zero-order valence-corrected chi connectivity index (χ0v) is 14.2. The van der Waals surface area contributed by atoms with E-state index < -0.39 is 12.4 Å². The van der Waals surface area contributed by atoms with Crippen LogP contribution in [0.3, 0.4) is 0 Å². The second kappa shape index (κ2) is 7.57. The normalized spacial score (nSPS) is 11.0. The van der Waals surface area contributed by atoms with Crippen molar-refractivity contribution in [2.24, 2.45) is 0 Å². The lowest BCUT2D eigenvalue weighted by molar-refractivity contribution is -0.885. The third-order valence-electron chi connectivity index (χ3n) is 3.33. The third-order valence-corrected chi connectivity index (χ3v) is 3.69. The molecule has 0 atom stereocenters. The molecule has 6 nitrogen and oxygen atoms in total. The summed E-state index contributed by atoms with van der Waals surface area (Å²) in [6.07, 6.45) is -0.00245. The summed E-state index contributed by atoms with van der Waals surface area (Å²) in [6.45, 7) is 3.90. The molecular formula is C15H17ClF2N3O3+. The second-order valence-corrected chi connectivity index (χ2v) is 5.08. The number of carbonyl (C=O) groups is 1. The zero-order chi connectivity index (χ0) is 17.9. The van der Waals surface area contributed by atoms with E-state index in [0.717, 1.165) is 0 Å². The van der Waals surface area contributed by atoms with Gasteiger partial charge in [0, 0.05) is 22.9 Å². The summed E-state index contributed by atoms with van der Waals surface area (Å²) < 4.78 is 34.3. The summed E-state index contributed by atoms with van der Waals surface area (Å²) in [4.78, 5) is 17.0. The Balaban J connectivity index is 2.70. The number of carbonyl (C=O) groups excluding carboxylic acids is 1. The smallest absolute Gasteiger partial charge is 0.360 e. The Hall–Kier alpha value is -2.22. The minimum atomic E-state index is -2.73. The minimum absolute atomic E-state index is 0.0361. The Bertz CT molecular complexity index is 750. The summed E-state index contributed by atoms with van der Waals surface area (Å²) in [6, 6.07) is 1.23. The summed E-state index contributed by atoms with van der Waals surface area (Å²) >= 11 is 6.27. The summed E-state index contributed by atoms with van der Waals surface area (Å²) in [5, 5.41) is 4.06. The van der Waals surface area contributed by atoms with Crippen molar-refractivity contribution in [3.05, 3.63) is 34.7 Å². The Morgan fingerprint density at radius 1 is 1.46 bits per heavy atom. The Morgan fingerprint density at radius 2 is 2.17 bits per heavy atom. The van der Waals surface area contributed by atoms with Crippen LogP contribution in [0.1, 0.15) is 36.3 Å². The van der Waals surface area contributed by atoms with Gasteiger partial charge >= 0.3 is 5.97 Å². The van der Waals surface area contributed by atoms with E-state index >= 15 is 0 Å². The predicted molar refractivity (Wildman–Crippen MR) is 82.0 cm³/mol. The van der Waals surface area contributed by atoms with Crippen molar-refractivity contribution < 1.29 is 27.9 Å². The Kier molecular flexibility index (Phi) is 5.71. The molecule has 0 saturated heterocycles. The first-order valence-electron chi connectivity index (χ1n) is 7.26. The van der Waals surface area contributed by atoms with Gasteiger partial charge in [-0.1, -0.05) is 11.6 Å². The van der Waals surface area contributed by atoms with Gasteiger partial charge in [0.05, 0.1) is 17.9 Å². The number of aromatic nitrogens is 3. The monoisotopic (exact) mass is 360 g/mol. The van der Waals surface area contributed by atoms with Crippen LogP contribution in [0.2, 0.25) is 5.02 Å². The molecule has 0 saturated carbocycles. The van der Waals surface area contributed by atoms with Crippen LogP contribution in [0, 0.1) is 0 Å². The van der Waals surface area contributed by atoms with Gasteiger partial charge in [-0.3, -0.25) is 9.52 Å². The van der Waals surface area contributed by atoms with Crippen molar-refractivity contribution in [1.82, 2.24) is 9.78 Å². The highest BCUT2D eigenvalue weighted by molar-refractivity contribution is 6.35. The highest BCUT2D eigenvalue weighted by atomic mass is 35.5. The third kappa shape index (κ3) is 3.33. The lowest BCUT2D eigenvalue weighted by Crippen LogP contribution is -2.40. The van der Waals surface area contributed by atoms with E-state index in [1.54, 1.807) is 13.8 Å². The lowest BCUT2D eigenvalue weighted by Gasteiger charge is -2.09. The van der Waals surface area contributed by atoms with Gasteiger partial charge in [0.25, 0.3) is 6.43 Å². The first-order chi connectivity index (χ1) is 11.4. The van der Waals surface area contributed by atoms with Gasteiger partial charge in [-0.15, -0.1) is 0 Å². The van der Waals surface area contributed by atoms with Crippen molar-refractivity contribution in [3.63, 3.8) is 0 Å². The minimum Gasteiger partial charge on any atom is -0.461 e. The first kappa shape index (κ1) is 18.1. The van der Waals surface area contributed by atoms with E-state index in [2.05, 4.69) is 5.10 Å². The molecule has 2 heterocycles. The fourth-order valence-electron chi connectivity index (χ4n) is 2.25. The van der Waals surface area contributed by atoms with Crippen molar-refractivity contribution in [1.29, 1.82) is 0 Å². The van der Waals surface area contributed by atoms with Crippen molar-refractivity contribution in [3.8, 4) is 11.3 Å². The molecule has 0 N–H and O–H groups in total. The number of nitrogens with zero attached hydrogens (tertiary/aromatic N) is 3. The van der Waals surface area contributed by atoms with Crippen LogP contribution >= 0.6 is 11.6 Å². The number of rotatable bonds is 6. The number of pyridine rings is 1. The molecular weight excluding hydrogens is 344 g/mol. The van der Waals surface area contributed by atoms with Gasteiger partial charge in [-0.25, -0.2) is 13.6 Å². The largest absolute Gasteiger partial charge is 0.461 e. The highest BCUT2D eigenvalue weighted by Crippen LogP contribution is 2.36. The number of hydrogen-bond acceptors (Lipinski definition) is 4. The molecule has 24 heavy (non-hydrogen) atoms.